The molecule has 0 bridgehead atoms. The van der Waals surface area contributed by atoms with E-state index in [1.807, 2.05) is 38.1 Å². The molecule has 0 fully saturated rings. The van der Waals surface area contributed by atoms with Crippen molar-refractivity contribution in [1.82, 2.24) is 15.6 Å². The van der Waals surface area contributed by atoms with Gasteiger partial charge in [0.25, 0.3) is 5.91 Å². The topological polar surface area (TPSA) is 54.0 Å². The van der Waals surface area contributed by atoms with Crippen molar-refractivity contribution in [2.24, 2.45) is 0 Å². The van der Waals surface area contributed by atoms with E-state index in [9.17, 15) is 4.79 Å². The van der Waals surface area contributed by atoms with Gasteiger partial charge in [0, 0.05) is 23.7 Å². The van der Waals surface area contributed by atoms with Crippen molar-refractivity contribution in [3.63, 3.8) is 0 Å². The van der Waals surface area contributed by atoms with Crippen LogP contribution in [0.1, 0.15) is 22.3 Å². The minimum Gasteiger partial charge on any atom is -0.350 e. The zero-order valence-electron chi connectivity index (χ0n) is 12.1. The lowest BCUT2D eigenvalue weighted by atomic mass is 10.2. The number of hydrogen-bond acceptors (Lipinski definition) is 4. The molecular weight excluding hydrogens is 306 g/mol. The minimum absolute atomic E-state index is 0.0666. The summed E-state index contributed by atoms with van der Waals surface area (Å²) in [6.07, 6.45) is 0. The number of aromatic nitrogens is 1. The van der Waals surface area contributed by atoms with Crippen LogP contribution >= 0.6 is 22.9 Å². The molecule has 1 amide bonds. The fourth-order valence-electron chi connectivity index (χ4n) is 1.84. The number of benzene rings is 1. The summed E-state index contributed by atoms with van der Waals surface area (Å²) in [5.41, 5.74) is 1.73. The number of aryl methyl sites for hydroxylation is 1. The Bertz CT molecular complexity index is 610. The Balaban J connectivity index is 2.08. The van der Waals surface area contributed by atoms with Crippen LogP contribution in [-0.2, 0) is 0 Å². The Hall–Kier alpha value is -1.43. The second kappa shape index (κ2) is 7.54. The monoisotopic (exact) mass is 323 g/mol. The van der Waals surface area contributed by atoms with E-state index in [4.69, 9.17) is 11.6 Å². The molecule has 2 N–H and O–H groups in total. The Morgan fingerprint density at radius 3 is 2.67 bits per heavy atom. The highest BCUT2D eigenvalue weighted by molar-refractivity contribution is 7.17. The van der Waals surface area contributed by atoms with Gasteiger partial charge in [0.1, 0.15) is 9.88 Å². The van der Waals surface area contributed by atoms with Gasteiger partial charge >= 0.3 is 0 Å². The highest BCUT2D eigenvalue weighted by atomic mass is 35.5. The molecule has 4 nitrogen and oxygen atoms in total. The average molecular weight is 324 g/mol. The summed E-state index contributed by atoms with van der Waals surface area (Å²) < 4.78 is 0. The molecule has 1 heterocycles. The van der Waals surface area contributed by atoms with E-state index in [-0.39, 0.29) is 5.91 Å². The number of amides is 1. The lowest BCUT2D eigenvalue weighted by Crippen LogP contribution is -2.31. The van der Waals surface area contributed by atoms with E-state index in [0.717, 1.165) is 29.4 Å². The van der Waals surface area contributed by atoms with Crippen LogP contribution in [0, 0.1) is 6.92 Å². The maximum atomic E-state index is 12.1. The summed E-state index contributed by atoms with van der Waals surface area (Å²) in [5.74, 6) is -0.0666. The summed E-state index contributed by atoms with van der Waals surface area (Å²) in [4.78, 5) is 17.3. The number of thiazole rings is 1. The molecule has 0 aliphatic carbocycles. The van der Waals surface area contributed by atoms with E-state index >= 15 is 0 Å². The van der Waals surface area contributed by atoms with Crippen LogP contribution in [0.2, 0.25) is 5.02 Å². The van der Waals surface area contributed by atoms with Crippen molar-refractivity contribution in [2.45, 2.75) is 13.8 Å². The number of halogens is 1. The maximum absolute atomic E-state index is 12.1. The third-order valence-electron chi connectivity index (χ3n) is 2.93. The third-order valence-corrected chi connectivity index (χ3v) is 4.39. The van der Waals surface area contributed by atoms with E-state index in [1.54, 1.807) is 0 Å². The quantitative estimate of drug-likeness (QED) is 0.803. The molecule has 0 aliphatic heterocycles. The molecule has 1 aromatic heterocycles. The first kappa shape index (κ1) is 15.9. The summed E-state index contributed by atoms with van der Waals surface area (Å²) >= 11 is 7.29. The highest BCUT2D eigenvalue weighted by Crippen LogP contribution is 2.28. The maximum Gasteiger partial charge on any atom is 0.263 e. The lowest BCUT2D eigenvalue weighted by Gasteiger charge is -2.03. The van der Waals surface area contributed by atoms with Gasteiger partial charge in [-0.15, -0.1) is 11.3 Å². The first-order valence-electron chi connectivity index (χ1n) is 6.84. The Kier molecular flexibility index (Phi) is 5.73. The van der Waals surface area contributed by atoms with Crippen LogP contribution in [0.5, 0.6) is 0 Å². The predicted octanol–water partition coefficient (Wildman–Crippen LogP) is 3.11. The smallest absolute Gasteiger partial charge is 0.263 e. The van der Waals surface area contributed by atoms with Crippen LogP contribution in [-0.4, -0.2) is 30.5 Å². The standard InChI is InChI=1S/C15H18ClN3OS/c1-3-17-8-9-18-14(20)13-10(2)19-15(21-13)11-4-6-12(16)7-5-11/h4-7,17H,3,8-9H2,1-2H3,(H,18,20). The molecule has 2 rings (SSSR count). The van der Waals surface area contributed by atoms with Gasteiger partial charge in [0.05, 0.1) is 5.69 Å². The predicted molar refractivity (Wildman–Crippen MR) is 88.2 cm³/mol. The van der Waals surface area contributed by atoms with Crippen molar-refractivity contribution in [3.05, 3.63) is 39.9 Å². The van der Waals surface area contributed by atoms with E-state index in [2.05, 4.69) is 15.6 Å². The van der Waals surface area contributed by atoms with Crippen molar-refractivity contribution in [3.8, 4) is 10.6 Å². The number of carbonyl (C=O) groups excluding carboxylic acids is 1. The molecule has 21 heavy (non-hydrogen) atoms. The van der Waals surface area contributed by atoms with Crippen molar-refractivity contribution in [1.29, 1.82) is 0 Å². The Morgan fingerprint density at radius 2 is 2.00 bits per heavy atom. The van der Waals surface area contributed by atoms with Gasteiger partial charge < -0.3 is 10.6 Å². The fraction of sp³-hybridized carbons (Fsp3) is 0.333. The lowest BCUT2D eigenvalue weighted by molar-refractivity contribution is 0.0957. The number of carbonyl (C=O) groups is 1. The summed E-state index contributed by atoms with van der Waals surface area (Å²) in [5, 5.41) is 7.59. The van der Waals surface area contributed by atoms with Gasteiger partial charge in [-0.3, -0.25) is 4.79 Å². The summed E-state index contributed by atoms with van der Waals surface area (Å²) in [6, 6.07) is 7.47. The van der Waals surface area contributed by atoms with Crippen molar-refractivity contribution in [2.75, 3.05) is 19.6 Å². The van der Waals surface area contributed by atoms with Gasteiger partial charge in [0.2, 0.25) is 0 Å². The number of nitrogens with zero attached hydrogens (tertiary/aromatic N) is 1. The van der Waals surface area contributed by atoms with Gasteiger partial charge in [-0.25, -0.2) is 4.98 Å². The summed E-state index contributed by atoms with van der Waals surface area (Å²) in [7, 11) is 0. The first-order valence-corrected chi connectivity index (χ1v) is 8.03. The van der Waals surface area contributed by atoms with Crippen LogP contribution in [0.3, 0.4) is 0 Å². The fourth-order valence-corrected chi connectivity index (χ4v) is 2.96. The van der Waals surface area contributed by atoms with Gasteiger partial charge in [-0.2, -0.15) is 0 Å². The second-order valence-electron chi connectivity index (χ2n) is 4.55. The van der Waals surface area contributed by atoms with E-state index in [0.29, 0.717) is 16.4 Å². The number of likely N-dealkylation sites (N-methyl/N-ethyl adjacent to an activating group) is 1. The van der Waals surface area contributed by atoms with Crippen LogP contribution in [0.15, 0.2) is 24.3 Å². The third kappa shape index (κ3) is 4.27. The summed E-state index contributed by atoms with van der Waals surface area (Å²) in [6.45, 7) is 6.17. The minimum atomic E-state index is -0.0666. The molecular formula is C15H18ClN3OS. The number of nitrogens with one attached hydrogen (secondary N) is 2. The molecule has 0 saturated carbocycles. The number of rotatable bonds is 6. The van der Waals surface area contributed by atoms with Crippen molar-refractivity contribution < 1.29 is 4.79 Å². The molecule has 0 spiro atoms. The first-order chi connectivity index (χ1) is 10.1. The molecule has 0 unspecified atom stereocenters. The van der Waals surface area contributed by atoms with Crippen LogP contribution in [0.4, 0.5) is 0 Å². The van der Waals surface area contributed by atoms with Crippen LogP contribution < -0.4 is 10.6 Å². The molecule has 1 aromatic carbocycles. The Morgan fingerprint density at radius 1 is 1.29 bits per heavy atom. The SMILES string of the molecule is CCNCCNC(=O)c1sc(-c2ccc(Cl)cc2)nc1C. The second-order valence-corrected chi connectivity index (χ2v) is 5.99. The van der Waals surface area contributed by atoms with Crippen LogP contribution in [0.25, 0.3) is 10.6 Å². The normalized spacial score (nSPS) is 10.6. The molecule has 0 saturated heterocycles. The van der Waals surface area contributed by atoms with Crippen molar-refractivity contribution >= 4 is 28.8 Å². The van der Waals surface area contributed by atoms with Gasteiger partial charge in [-0.05, 0) is 25.6 Å². The molecule has 0 atom stereocenters. The molecule has 112 valence electrons. The molecule has 2 aromatic rings. The molecule has 6 heteroatoms. The molecule has 0 radical (unpaired) electrons. The Labute approximate surface area is 133 Å². The van der Waals surface area contributed by atoms with Gasteiger partial charge in [0.15, 0.2) is 0 Å². The average Bonchev–Trinajstić information content (AvgIpc) is 2.86. The van der Waals surface area contributed by atoms with E-state index in [1.165, 1.54) is 11.3 Å². The number of hydrogen-bond donors (Lipinski definition) is 2. The zero-order valence-corrected chi connectivity index (χ0v) is 13.6. The molecule has 0 aliphatic rings. The largest absolute Gasteiger partial charge is 0.350 e. The highest BCUT2D eigenvalue weighted by Gasteiger charge is 2.15. The van der Waals surface area contributed by atoms with E-state index < -0.39 is 0 Å². The zero-order chi connectivity index (χ0) is 15.2. The van der Waals surface area contributed by atoms with Gasteiger partial charge in [-0.1, -0.05) is 30.7 Å².